The van der Waals surface area contributed by atoms with Gasteiger partial charge in [-0.15, -0.1) is 0 Å². The Hall–Kier alpha value is -2.89. The van der Waals surface area contributed by atoms with E-state index in [1.54, 1.807) is 38.6 Å². The number of nitrogens with one attached hydrogen (secondary N) is 2. The highest BCUT2D eigenvalue weighted by molar-refractivity contribution is 5.94. The van der Waals surface area contributed by atoms with Crippen LogP contribution in [0.4, 0.5) is 11.5 Å². The van der Waals surface area contributed by atoms with E-state index in [2.05, 4.69) is 20.5 Å². The van der Waals surface area contributed by atoms with Gasteiger partial charge >= 0.3 is 0 Å². The topological polar surface area (TPSA) is 73.9 Å². The highest BCUT2D eigenvalue weighted by Gasteiger charge is 2.09. The lowest BCUT2D eigenvalue weighted by atomic mass is 10.2. The molecule has 1 aromatic carbocycles. The van der Waals surface area contributed by atoms with Crippen molar-refractivity contribution in [2.45, 2.75) is 0 Å². The summed E-state index contributed by atoms with van der Waals surface area (Å²) in [5, 5.41) is 11.1. The van der Waals surface area contributed by atoms with Crippen LogP contribution in [0.2, 0.25) is 0 Å². The highest BCUT2D eigenvalue weighted by atomic mass is 16.2. The van der Waals surface area contributed by atoms with E-state index >= 15 is 0 Å². The van der Waals surface area contributed by atoms with Crippen LogP contribution in [0.15, 0.2) is 42.7 Å². The van der Waals surface area contributed by atoms with Crippen LogP contribution in [0.25, 0.3) is 10.9 Å². The van der Waals surface area contributed by atoms with Gasteiger partial charge in [-0.05, 0) is 30.3 Å². The molecule has 6 heteroatoms. The summed E-state index contributed by atoms with van der Waals surface area (Å²) in [4.78, 5) is 17.7. The molecule has 0 unspecified atom stereocenters. The molecule has 3 aromatic rings. The fourth-order valence-corrected chi connectivity index (χ4v) is 2.06. The summed E-state index contributed by atoms with van der Waals surface area (Å²) >= 11 is 0. The van der Waals surface area contributed by atoms with E-state index in [-0.39, 0.29) is 5.91 Å². The number of pyridine rings is 1. The van der Waals surface area contributed by atoms with Crippen molar-refractivity contribution in [2.24, 2.45) is 0 Å². The number of benzene rings is 1. The molecule has 0 spiro atoms. The van der Waals surface area contributed by atoms with Crippen LogP contribution in [-0.2, 0) is 0 Å². The lowest BCUT2D eigenvalue weighted by Crippen LogP contribution is -2.21. The molecule has 0 aliphatic rings. The Kier molecular flexibility index (Phi) is 3.27. The number of H-pyrrole nitrogens is 1. The van der Waals surface area contributed by atoms with Crippen molar-refractivity contribution in [1.82, 2.24) is 20.1 Å². The molecule has 106 valence electrons. The normalized spacial score (nSPS) is 10.6. The predicted octanol–water partition coefficient (Wildman–Crippen LogP) is 2.40. The van der Waals surface area contributed by atoms with Crippen molar-refractivity contribution in [3.8, 4) is 0 Å². The van der Waals surface area contributed by atoms with Gasteiger partial charge in [0.05, 0.1) is 11.7 Å². The van der Waals surface area contributed by atoms with Crippen molar-refractivity contribution >= 4 is 28.3 Å². The third kappa shape index (κ3) is 2.69. The molecule has 0 atom stereocenters. The molecule has 1 amide bonds. The van der Waals surface area contributed by atoms with Gasteiger partial charge in [-0.3, -0.25) is 9.89 Å². The molecule has 0 saturated heterocycles. The molecule has 0 radical (unpaired) electrons. The number of amides is 1. The Balaban J connectivity index is 1.87. The van der Waals surface area contributed by atoms with Gasteiger partial charge in [0.1, 0.15) is 5.82 Å². The lowest BCUT2D eigenvalue weighted by Gasteiger charge is -2.11. The minimum atomic E-state index is -0.0502. The van der Waals surface area contributed by atoms with Gasteiger partial charge in [0.2, 0.25) is 0 Å². The lowest BCUT2D eigenvalue weighted by molar-refractivity contribution is 0.0827. The van der Waals surface area contributed by atoms with Gasteiger partial charge in [0.25, 0.3) is 5.91 Å². The number of aromatic amines is 1. The summed E-state index contributed by atoms with van der Waals surface area (Å²) in [6.07, 6.45) is 3.38. The van der Waals surface area contributed by atoms with Crippen LogP contribution in [0.1, 0.15) is 10.4 Å². The molecule has 6 nitrogen and oxygen atoms in total. The van der Waals surface area contributed by atoms with Crippen LogP contribution in [-0.4, -0.2) is 40.1 Å². The molecule has 0 aliphatic carbocycles. The number of anilines is 2. The third-order valence-electron chi connectivity index (χ3n) is 3.13. The first-order chi connectivity index (χ1) is 10.1. The molecule has 0 aliphatic heterocycles. The van der Waals surface area contributed by atoms with Crippen LogP contribution in [0.3, 0.4) is 0 Å². The molecular formula is C15H15N5O. The van der Waals surface area contributed by atoms with E-state index in [0.717, 1.165) is 16.6 Å². The van der Waals surface area contributed by atoms with Crippen LogP contribution in [0, 0.1) is 0 Å². The first-order valence-electron chi connectivity index (χ1n) is 6.51. The summed E-state index contributed by atoms with van der Waals surface area (Å²) in [6.45, 7) is 0. The second-order valence-corrected chi connectivity index (χ2v) is 4.93. The van der Waals surface area contributed by atoms with Crippen molar-refractivity contribution in [3.63, 3.8) is 0 Å². The second kappa shape index (κ2) is 5.24. The number of carbonyl (C=O) groups excluding carboxylic acids is 1. The Bertz CT molecular complexity index is 793. The van der Waals surface area contributed by atoms with Gasteiger partial charge < -0.3 is 10.2 Å². The quantitative estimate of drug-likeness (QED) is 0.773. The average Bonchev–Trinajstić information content (AvgIpc) is 2.94. The molecular weight excluding hydrogens is 266 g/mol. The van der Waals surface area contributed by atoms with Gasteiger partial charge in [0, 0.05) is 36.9 Å². The summed E-state index contributed by atoms with van der Waals surface area (Å²) in [5.41, 5.74) is 2.47. The number of nitrogens with zero attached hydrogens (tertiary/aromatic N) is 3. The fraction of sp³-hybridized carbons (Fsp3) is 0.133. The Morgan fingerprint density at radius 1 is 1.24 bits per heavy atom. The number of rotatable bonds is 3. The third-order valence-corrected chi connectivity index (χ3v) is 3.13. The maximum Gasteiger partial charge on any atom is 0.253 e. The molecule has 0 saturated carbocycles. The zero-order valence-electron chi connectivity index (χ0n) is 11.8. The largest absolute Gasteiger partial charge is 0.345 e. The molecule has 0 bridgehead atoms. The number of hydrogen-bond acceptors (Lipinski definition) is 4. The van der Waals surface area contributed by atoms with E-state index in [0.29, 0.717) is 11.4 Å². The SMILES string of the molecule is CN(C)C(=O)c1ccnc(Nc2ccc3[nH]ncc3c2)c1. The Labute approximate surface area is 121 Å². The maximum atomic E-state index is 11.9. The summed E-state index contributed by atoms with van der Waals surface area (Å²) in [5.74, 6) is 0.580. The maximum absolute atomic E-state index is 11.9. The monoisotopic (exact) mass is 281 g/mol. The minimum Gasteiger partial charge on any atom is -0.345 e. The number of carbonyl (C=O) groups is 1. The second-order valence-electron chi connectivity index (χ2n) is 4.93. The molecule has 2 aromatic heterocycles. The predicted molar refractivity (Wildman–Crippen MR) is 81.6 cm³/mol. The first-order valence-corrected chi connectivity index (χ1v) is 6.51. The standard InChI is InChI=1S/C15H15N5O/c1-20(2)15(21)10-5-6-16-14(8-10)18-12-3-4-13-11(7-12)9-17-19-13/h3-9H,1-2H3,(H,16,18)(H,17,19). The number of hydrogen-bond donors (Lipinski definition) is 2. The van der Waals surface area contributed by atoms with Crippen LogP contribution < -0.4 is 5.32 Å². The van der Waals surface area contributed by atoms with E-state index in [4.69, 9.17) is 0 Å². The van der Waals surface area contributed by atoms with Crippen molar-refractivity contribution in [2.75, 3.05) is 19.4 Å². The molecule has 21 heavy (non-hydrogen) atoms. The van der Waals surface area contributed by atoms with Gasteiger partial charge in [-0.2, -0.15) is 5.10 Å². The average molecular weight is 281 g/mol. The van der Waals surface area contributed by atoms with Gasteiger partial charge in [0.15, 0.2) is 0 Å². The van der Waals surface area contributed by atoms with Crippen molar-refractivity contribution in [1.29, 1.82) is 0 Å². The molecule has 3 rings (SSSR count). The minimum absolute atomic E-state index is 0.0502. The van der Waals surface area contributed by atoms with Crippen molar-refractivity contribution in [3.05, 3.63) is 48.3 Å². The van der Waals surface area contributed by atoms with Gasteiger partial charge in [-0.25, -0.2) is 4.98 Å². The molecule has 2 heterocycles. The van der Waals surface area contributed by atoms with E-state index in [1.165, 1.54) is 4.90 Å². The number of aromatic nitrogens is 3. The van der Waals surface area contributed by atoms with E-state index in [1.807, 2.05) is 18.2 Å². The summed E-state index contributed by atoms with van der Waals surface area (Å²) < 4.78 is 0. The Morgan fingerprint density at radius 3 is 2.90 bits per heavy atom. The van der Waals surface area contributed by atoms with Crippen molar-refractivity contribution < 1.29 is 4.79 Å². The number of fused-ring (bicyclic) bond motifs is 1. The fourth-order valence-electron chi connectivity index (χ4n) is 2.06. The zero-order chi connectivity index (χ0) is 14.8. The smallest absolute Gasteiger partial charge is 0.253 e. The van der Waals surface area contributed by atoms with Crippen LogP contribution in [0.5, 0.6) is 0 Å². The molecule has 2 N–H and O–H groups in total. The molecule has 0 fully saturated rings. The van der Waals surface area contributed by atoms with E-state index < -0.39 is 0 Å². The highest BCUT2D eigenvalue weighted by Crippen LogP contribution is 2.20. The zero-order valence-corrected chi connectivity index (χ0v) is 11.8. The van der Waals surface area contributed by atoms with Crippen LogP contribution >= 0.6 is 0 Å². The van der Waals surface area contributed by atoms with E-state index in [9.17, 15) is 4.79 Å². The summed E-state index contributed by atoms with van der Waals surface area (Å²) in [6, 6.07) is 9.29. The van der Waals surface area contributed by atoms with Gasteiger partial charge in [-0.1, -0.05) is 0 Å². The summed E-state index contributed by atoms with van der Waals surface area (Å²) in [7, 11) is 3.45. The first kappa shape index (κ1) is 13.1. The Morgan fingerprint density at radius 2 is 2.10 bits per heavy atom.